The topological polar surface area (TPSA) is 118 Å². The lowest BCUT2D eigenvalue weighted by Crippen LogP contribution is -2.46. The Hall–Kier alpha value is -2.88. The second-order valence-corrected chi connectivity index (χ2v) is 8.57. The second-order valence-electron chi connectivity index (χ2n) is 8.57. The van der Waals surface area contributed by atoms with E-state index in [1.54, 1.807) is 6.07 Å². The predicted octanol–water partition coefficient (Wildman–Crippen LogP) is 1.88. The van der Waals surface area contributed by atoms with Gasteiger partial charge >= 0.3 is 5.69 Å². The largest absolute Gasteiger partial charge is 0.444 e. The van der Waals surface area contributed by atoms with Crippen molar-refractivity contribution in [2.24, 2.45) is 5.92 Å². The van der Waals surface area contributed by atoms with Gasteiger partial charge in [-0.2, -0.15) is 0 Å². The number of nitrogens with one attached hydrogen (secondary N) is 2. The van der Waals surface area contributed by atoms with E-state index in [0.29, 0.717) is 24.5 Å². The Morgan fingerprint density at radius 3 is 2.81 bits per heavy atom. The molecule has 2 N–H and O–H groups in total. The predicted molar refractivity (Wildman–Crippen MR) is 122 cm³/mol. The molecule has 1 saturated heterocycles. The van der Waals surface area contributed by atoms with Crippen LogP contribution in [0.1, 0.15) is 50.1 Å². The van der Waals surface area contributed by atoms with Crippen molar-refractivity contribution in [1.29, 1.82) is 0 Å². The van der Waals surface area contributed by atoms with Crippen LogP contribution in [0.25, 0.3) is 11.0 Å². The molecule has 9 nitrogen and oxygen atoms in total. The molecule has 170 valence electrons. The van der Waals surface area contributed by atoms with E-state index in [9.17, 15) is 19.7 Å². The Bertz CT molecular complexity index is 990. The van der Waals surface area contributed by atoms with E-state index in [2.05, 4.69) is 24.5 Å². The van der Waals surface area contributed by atoms with E-state index in [1.165, 1.54) is 12.1 Å². The molecule has 0 bridgehead atoms. The highest BCUT2D eigenvalue weighted by Crippen LogP contribution is 2.32. The number of nitro groups is 1. The number of hydrogen-bond donors (Lipinski definition) is 2. The smallest absolute Gasteiger partial charge is 0.328 e. The minimum atomic E-state index is -0.666. The molecule has 2 radical (unpaired) electrons. The van der Waals surface area contributed by atoms with E-state index < -0.39 is 16.5 Å². The maximum absolute atomic E-state index is 12.6. The molecule has 32 heavy (non-hydrogen) atoms. The Kier molecular flexibility index (Phi) is 7.90. The summed E-state index contributed by atoms with van der Waals surface area (Å²) in [5.74, 6) is -0.390. The monoisotopic (exact) mass is 440 g/mol. The number of fused-ring (bicyclic) bond motifs is 1. The number of carbonyl (C=O) groups excluding carboxylic acids is 2. The van der Waals surface area contributed by atoms with Gasteiger partial charge in [-0.3, -0.25) is 24.6 Å². The summed E-state index contributed by atoms with van der Waals surface area (Å²) in [5.41, 5.74) is 0.172. The van der Waals surface area contributed by atoms with Gasteiger partial charge in [-0.15, -0.1) is 0 Å². The average Bonchev–Trinajstić information content (AvgIpc) is 3.35. The van der Waals surface area contributed by atoms with Gasteiger partial charge in [-0.05, 0) is 44.2 Å². The second kappa shape index (κ2) is 10.6. The average molecular weight is 440 g/mol. The molecule has 1 aromatic carbocycles. The fourth-order valence-electron chi connectivity index (χ4n) is 4.06. The molecule has 1 aliphatic heterocycles. The van der Waals surface area contributed by atoms with Crippen LogP contribution >= 0.6 is 0 Å². The van der Waals surface area contributed by atoms with Gasteiger partial charge in [0.05, 0.1) is 16.4 Å². The Morgan fingerprint density at radius 1 is 1.31 bits per heavy atom. The molecule has 0 aliphatic carbocycles. The molecule has 1 aromatic heterocycles. The molecule has 0 saturated carbocycles. The maximum atomic E-state index is 12.6. The molecule has 0 spiro atoms. The van der Waals surface area contributed by atoms with Crippen molar-refractivity contribution < 1.29 is 18.9 Å². The first kappa shape index (κ1) is 23.8. The van der Waals surface area contributed by atoms with Crippen LogP contribution in [0.4, 0.5) is 5.69 Å². The van der Waals surface area contributed by atoms with Crippen LogP contribution in [0.15, 0.2) is 22.6 Å². The van der Waals surface area contributed by atoms with Crippen molar-refractivity contribution in [1.82, 2.24) is 15.5 Å². The molecule has 1 fully saturated rings. The summed E-state index contributed by atoms with van der Waals surface area (Å²) in [6.07, 6.45) is 3.71. The van der Waals surface area contributed by atoms with E-state index in [-0.39, 0.29) is 35.2 Å². The quantitative estimate of drug-likeness (QED) is 0.252. The molecule has 2 aromatic rings. The minimum Gasteiger partial charge on any atom is -0.444 e. The molecule has 3 rings (SSSR count). The van der Waals surface area contributed by atoms with Crippen LogP contribution in [0.2, 0.25) is 0 Å². The van der Waals surface area contributed by atoms with E-state index >= 15 is 0 Å². The number of hydrogen-bond acceptors (Lipinski definition) is 6. The van der Waals surface area contributed by atoms with Gasteiger partial charge in [-0.1, -0.05) is 31.4 Å². The molecule has 10 heteroatoms. The first-order chi connectivity index (χ1) is 15.3. The third kappa shape index (κ3) is 5.67. The van der Waals surface area contributed by atoms with Gasteiger partial charge in [0.25, 0.3) is 11.7 Å². The summed E-state index contributed by atoms with van der Waals surface area (Å²) < 4.78 is 5.44. The highest BCUT2D eigenvalue weighted by Gasteiger charge is 2.32. The van der Waals surface area contributed by atoms with Gasteiger partial charge in [0.2, 0.25) is 5.91 Å². The van der Waals surface area contributed by atoms with Crippen molar-refractivity contribution in [3.8, 4) is 0 Å². The summed E-state index contributed by atoms with van der Waals surface area (Å²) in [4.78, 5) is 38.1. The van der Waals surface area contributed by atoms with Gasteiger partial charge in [-0.25, -0.2) is 0 Å². The maximum Gasteiger partial charge on any atom is 0.328 e. The normalized spacial score (nSPS) is 16.5. The highest BCUT2D eigenvalue weighted by molar-refractivity contribution is 6.33. The number of rotatable bonds is 10. The van der Waals surface area contributed by atoms with Crippen molar-refractivity contribution in [3.05, 3.63) is 34.1 Å². The van der Waals surface area contributed by atoms with Crippen molar-refractivity contribution >= 4 is 41.8 Å². The number of furan rings is 1. The van der Waals surface area contributed by atoms with Gasteiger partial charge < -0.3 is 15.1 Å². The molecule has 1 unspecified atom stereocenters. The fraction of sp³-hybridized carbons (Fsp3) is 0.545. The van der Waals surface area contributed by atoms with Crippen LogP contribution in [0.5, 0.6) is 0 Å². The van der Waals surface area contributed by atoms with Crippen LogP contribution in [0, 0.1) is 16.0 Å². The third-order valence-corrected chi connectivity index (χ3v) is 5.68. The Balaban J connectivity index is 1.56. The summed E-state index contributed by atoms with van der Waals surface area (Å²) in [6.45, 7) is 6.46. The summed E-state index contributed by atoms with van der Waals surface area (Å²) in [6, 6.07) is 4.26. The van der Waals surface area contributed by atoms with Crippen LogP contribution in [-0.2, 0) is 4.79 Å². The number of likely N-dealkylation sites (tertiary alicyclic amines) is 1. The van der Waals surface area contributed by atoms with Crippen molar-refractivity contribution in [3.63, 3.8) is 0 Å². The van der Waals surface area contributed by atoms with E-state index in [0.717, 1.165) is 32.2 Å². The first-order valence-electron chi connectivity index (χ1n) is 11.0. The van der Waals surface area contributed by atoms with Crippen molar-refractivity contribution in [2.45, 2.75) is 45.6 Å². The fourth-order valence-corrected chi connectivity index (χ4v) is 4.06. The summed E-state index contributed by atoms with van der Waals surface area (Å²) >= 11 is 0. The Morgan fingerprint density at radius 2 is 2.09 bits per heavy atom. The lowest BCUT2D eigenvalue weighted by molar-refractivity contribution is -0.383. The third-order valence-electron chi connectivity index (χ3n) is 5.68. The Labute approximate surface area is 188 Å². The molecule has 2 heterocycles. The van der Waals surface area contributed by atoms with Crippen molar-refractivity contribution in [2.75, 3.05) is 26.2 Å². The van der Waals surface area contributed by atoms with E-state index in [1.807, 2.05) is 4.90 Å². The molecule has 1 atom stereocenters. The number of nitrogens with zero attached hydrogens (tertiary/aromatic N) is 2. The van der Waals surface area contributed by atoms with Gasteiger partial charge in [0, 0.05) is 19.6 Å². The number of carbonyl (C=O) groups is 2. The van der Waals surface area contributed by atoms with E-state index in [4.69, 9.17) is 12.3 Å². The zero-order valence-corrected chi connectivity index (χ0v) is 18.6. The molecular formula is C22H29BN4O5. The molecular weight excluding hydrogens is 411 g/mol. The zero-order valence-electron chi connectivity index (χ0n) is 18.6. The SMILES string of the molecule is [B]c1ccc2oc(C(=O)NCCN3CCCC3C(=O)NCCCC(C)C)c([N+](=O)[O-])c2c1. The van der Waals surface area contributed by atoms with Gasteiger partial charge in [0.1, 0.15) is 13.4 Å². The minimum absolute atomic E-state index is 0.0168. The lowest BCUT2D eigenvalue weighted by atomic mass is 9.95. The summed E-state index contributed by atoms with van der Waals surface area (Å²) in [5, 5.41) is 17.4. The first-order valence-corrected chi connectivity index (χ1v) is 11.0. The van der Waals surface area contributed by atoms with Gasteiger partial charge in [0.15, 0.2) is 0 Å². The highest BCUT2D eigenvalue weighted by atomic mass is 16.6. The zero-order chi connectivity index (χ0) is 23.3. The number of amides is 2. The standard InChI is InChI=1S/C22H29BN4O5/c1-14(2)5-3-9-24-21(28)17-6-4-11-26(17)12-10-25-22(29)20-19(27(30)31)16-13-15(23)7-8-18(16)32-20/h7-8,13-14,17H,3-6,9-12H2,1-2H3,(H,24,28)(H,25,29). The van der Waals surface area contributed by atoms with Crippen LogP contribution in [-0.4, -0.2) is 61.7 Å². The molecule has 1 aliphatic rings. The van der Waals surface area contributed by atoms with Crippen LogP contribution in [0.3, 0.4) is 0 Å². The molecule has 2 amide bonds. The van der Waals surface area contributed by atoms with Crippen LogP contribution < -0.4 is 16.1 Å². The lowest BCUT2D eigenvalue weighted by Gasteiger charge is -2.23. The number of benzene rings is 1. The summed E-state index contributed by atoms with van der Waals surface area (Å²) in [7, 11) is 5.71.